The minimum absolute atomic E-state index is 0.0897. The second-order valence-corrected chi connectivity index (χ2v) is 6.34. The number of carbonyl (C=O) groups excluding carboxylic acids is 1. The van der Waals surface area contributed by atoms with Crippen molar-refractivity contribution < 1.29 is 9.53 Å². The highest BCUT2D eigenvalue weighted by molar-refractivity contribution is 5.97. The third-order valence-corrected chi connectivity index (χ3v) is 4.75. The van der Waals surface area contributed by atoms with E-state index in [1.165, 1.54) is 12.8 Å². The van der Waals surface area contributed by atoms with Crippen LogP contribution < -0.4 is 4.74 Å². The fraction of sp³-hybridized carbons (Fsp3) is 0.500. The molecule has 4 heteroatoms. The standard InChI is InChI=1S/C18H24N2O2/c1-3-10-22-17-7-5-4-6-16(17)18(21)20-12-14-8-9-15(13-20)19(2)11-14/h3-7,14-15H,1,8-13H2,2H3/t14-,15-/m1/s1. The number of rotatable bonds is 4. The summed E-state index contributed by atoms with van der Waals surface area (Å²) in [6.45, 7) is 6.86. The molecule has 0 N–H and O–H groups in total. The molecule has 4 nitrogen and oxygen atoms in total. The zero-order valence-corrected chi connectivity index (χ0v) is 13.2. The normalized spacial score (nSPS) is 24.9. The molecule has 1 aromatic carbocycles. The van der Waals surface area contributed by atoms with Gasteiger partial charge in [0.05, 0.1) is 5.56 Å². The third kappa shape index (κ3) is 3.02. The van der Waals surface area contributed by atoms with Crippen LogP contribution in [0, 0.1) is 5.92 Å². The molecule has 2 atom stereocenters. The van der Waals surface area contributed by atoms with E-state index in [0.29, 0.717) is 29.9 Å². The molecule has 0 unspecified atom stereocenters. The van der Waals surface area contributed by atoms with Gasteiger partial charge in [-0.1, -0.05) is 24.8 Å². The Morgan fingerprint density at radius 1 is 1.32 bits per heavy atom. The molecule has 4 rings (SSSR count). The highest BCUT2D eigenvalue weighted by Crippen LogP contribution is 2.29. The van der Waals surface area contributed by atoms with Gasteiger partial charge in [-0.25, -0.2) is 0 Å². The van der Waals surface area contributed by atoms with Crippen molar-refractivity contribution in [3.05, 3.63) is 42.5 Å². The summed E-state index contributed by atoms with van der Waals surface area (Å²) >= 11 is 0. The van der Waals surface area contributed by atoms with Gasteiger partial charge in [0, 0.05) is 25.7 Å². The number of nitrogens with zero attached hydrogens (tertiary/aromatic N) is 2. The van der Waals surface area contributed by atoms with Crippen LogP contribution in [0.5, 0.6) is 5.75 Å². The summed E-state index contributed by atoms with van der Waals surface area (Å²) in [6.07, 6.45) is 4.12. The van der Waals surface area contributed by atoms with E-state index in [1.807, 2.05) is 29.2 Å². The maximum atomic E-state index is 13.0. The Kier molecular flexibility index (Phi) is 4.48. The Hall–Kier alpha value is -1.81. The van der Waals surface area contributed by atoms with E-state index in [0.717, 1.165) is 19.6 Å². The zero-order valence-electron chi connectivity index (χ0n) is 13.2. The van der Waals surface area contributed by atoms with E-state index in [9.17, 15) is 4.79 Å². The van der Waals surface area contributed by atoms with Gasteiger partial charge in [-0.15, -0.1) is 0 Å². The van der Waals surface area contributed by atoms with Gasteiger partial charge >= 0.3 is 0 Å². The van der Waals surface area contributed by atoms with Crippen LogP contribution in [-0.2, 0) is 0 Å². The summed E-state index contributed by atoms with van der Waals surface area (Å²) in [7, 11) is 2.17. The van der Waals surface area contributed by atoms with Gasteiger partial charge in [0.15, 0.2) is 0 Å². The van der Waals surface area contributed by atoms with Gasteiger partial charge in [-0.05, 0) is 37.9 Å². The molecule has 22 heavy (non-hydrogen) atoms. The summed E-state index contributed by atoms with van der Waals surface area (Å²) in [5.74, 6) is 1.33. The third-order valence-electron chi connectivity index (χ3n) is 4.75. The van der Waals surface area contributed by atoms with Crippen LogP contribution in [0.25, 0.3) is 0 Å². The van der Waals surface area contributed by atoms with Gasteiger partial charge in [-0.3, -0.25) is 4.79 Å². The van der Waals surface area contributed by atoms with Crippen LogP contribution in [0.1, 0.15) is 23.2 Å². The molecule has 0 saturated carbocycles. The number of hydrogen-bond donors (Lipinski definition) is 0. The lowest BCUT2D eigenvalue weighted by Gasteiger charge is -2.32. The molecule has 0 spiro atoms. The SMILES string of the molecule is C=CCOc1ccccc1C(=O)N1C[C@@H]2CC[C@H](C1)N(C)C2. The first kappa shape index (κ1) is 15.1. The van der Waals surface area contributed by atoms with Crippen molar-refractivity contribution in [2.75, 3.05) is 33.3 Å². The fourth-order valence-corrected chi connectivity index (χ4v) is 3.57. The van der Waals surface area contributed by atoms with Crippen molar-refractivity contribution >= 4 is 5.91 Å². The van der Waals surface area contributed by atoms with E-state index in [4.69, 9.17) is 4.74 Å². The summed E-state index contributed by atoms with van der Waals surface area (Å²) in [5, 5.41) is 0. The number of amides is 1. The molecule has 1 aromatic rings. The maximum Gasteiger partial charge on any atom is 0.257 e. The summed E-state index contributed by atoms with van der Waals surface area (Å²) in [6, 6.07) is 8.00. The first-order valence-electron chi connectivity index (χ1n) is 8.01. The number of ether oxygens (including phenoxy) is 1. The second-order valence-electron chi connectivity index (χ2n) is 6.34. The highest BCUT2D eigenvalue weighted by Gasteiger charge is 2.35. The van der Waals surface area contributed by atoms with E-state index in [-0.39, 0.29) is 5.91 Å². The summed E-state index contributed by atoms with van der Waals surface area (Å²) < 4.78 is 5.64. The predicted octanol–water partition coefficient (Wildman–Crippen LogP) is 2.42. The Balaban J connectivity index is 1.80. The minimum Gasteiger partial charge on any atom is -0.489 e. The Labute approximate surface area is 132 Å². The Morgan fingerprint density at radius 2 is 2.14 bits per heavy atom. The van der Waals surface area contributed by atoms with Crippen molar-refractivity contribution in [3.63, 3.8) is 0 Å². The van der Waals surface area contributed by atoms with Gasteiger partial charge in [0.1, 0.15) is 12.4 Å². The lowest BCUT2D eigenvalue weighted by atomic mass is 9.96. The van der Waals surface area contributed by atoms with E-state index in [1.54, 1.807) is 6.08 Å². The molecule has 3 aliphatic rings. The second kappa shape index (κ2) is 6.53. The molecule has 0 aromatic heterocycles. The van der Waals surface area contributed by atoms with Crippen LogP contribution in [0.2, 0.25) is 0 Å². The molecule has 3 heterocycles. The first-order chi connectivity index (χ1) is 10.7. The van der Waals surface area contributed by atoms with E-state index < -0.39 is 0 Å². The molecule has 3 aliphatic heterocycles. The average molecular weight is 300 g/mol. The summed E-state index contributed by atoms with van der Waals surface area (Å²) in [4.78, 5) is 17.4. The molecule has 0 radical (unpaired) electrons. The van der Waals surface area contributed by atoms with Gasteiger partial charge < -0.3 is 14.5 Å². The smallest absolute Gasteiger partial charge is 0.257 e. The Bertz CT molecular complexity index is 558. The quantitative estimate of drug-likeness (QED) is 0.801. The highest BCUT2D eigenvalue weighted by atomic mass is 16.5. The largest absolute Gasteiger partial charge is 0.489 e. The lowest BCUT2D eigenvalue weighted by molar-refractivity contribution is 0.0738. The van der Waals surface area contributed by atoms with Crippen molar-refractivity contribution in [2.24, 2.45) is 5.92 Å². The molecule has 2 bridgehead atoms. The van der Waals surface area contributed by atoms with E-state index in [2.05, 4.69) is 18.5 Å². The van der Waals surface area contributed by atoms with Gasteiger partial charge in [0.25, 0.3) is 5.91 Å². The Morgan fingerprint density at radius 3 is 2.91 bits per heavy atom. The number of piperidine rings is 1. The van der Waals surface area contributed by atoms with Crippen LogP contribution >= 0.6 is 0 Å². The van der Waals surface area contributed by atoms with Gasteiger partial charge in [0.2, 0.25) is 0 Å². The van der Waals surface area contributed by atoms with Crippen LogP contribution in [-0.4, -0.2) is 55.0 Å². The van der Waals surface area contributed by atoms with Crippen LogP contribution in [0.15, 0.2) is 36.9 Å². The topological polar surface area (TPSA) is 32.8 Å². The molecule has 3 fully saturated rings. The van der Waals surface area contributed by atoms with Crippen molar-refractivity contribution in [3.8, 4) is 5.75 Å². The predicted molar refractivity (Wildman–Crippen MR) is 87.2 cm³/mol. The lowest BCUT2D eigenvalue weighted by Crippen LogP contribution is -2.42. The molecular weight excluding hydrogens is 276 g/mol. The molecule has 0 aliphatic carbocycles. The fourth-order valence-electron chi connectivity index (χ4n) is 3.57. The van der Waals surface area contributed by atoms with Crippen LogP contribution in [0.3, 0.4) is 0 Å². The average Bonchev–Trinajstić information content (AvgIpc) is 2.83. The zero-order chi connectivity index (χ0) is 15.5. The first-order valence-corrected chi connectivity index (χ1v) is 8.01. The number of carbonyl (C=O) groups is 1. The number of likely N-dealkylation sites (N-methyl/N-ethyl adjacent to an activating group) is 1. The van der Waals surface area contributed by atoms with Crippen molar-refractivity contribution in [1.29, 1.82) is 0 Å². The van der Waals surface area contributed by atoms with E-state index >= 15 is 0 Å². The van der Waals surface area contributed by atoms with Crippen molar-refractivity contribution in [2.45, 2.75) is 18.9 Å². The number of para-hydroxylation sites is 1. The molecular formula is C18H24N2O2. The monoisotopic (exact) mass is 300 g/mol. The van der Waals surface area contributed by atoms with Crippen molar-refractivity contribution in [1.82, 2.24) is 9.80 Å². The summed E-state index contributed by atoms with van der Waals surface area (Å²) in [5.41, 5.74) is 0.660. The maximum absolute atomic E-state index is 13.0. The number of fused-ring (bicyclic) bond motifs is 4. The molecule has 1 amide bonds. The molecule has 118 valence electrons. The minimum atomic E-state index is 0.0897. The number of benzene rings is 1. The number of hydrogen-bond acceptors (Lipinski definition) is 3. The van der Waals surface area contributed by atoms with Gasteiger partial charge in [-0.2, -0.15) is 0 Å². The van der Waals surface area contributed by atoms with Crippen LogP contribution in [0.4, 0.5) is 0 Å². The molecule has 3 saturated heterocycles.